The molecule has 1 rings (SSSR count). The minimum atomic E-state index is -4.03. The maximum Gasteiger partial charge on any atom is 0.336 e. The lowest BCUT2D eigenvalue weighted by atomic mass is 10.1. The molecule has 0 aromatic heterocycles. The van der Waals surface area contributed by atoms with E-state index in [1.807, 2.05) is 0 Å². The fraction of sp³-hybridized carbons (Fsp3) is 0.231. The van der Waals surface area contributed by atoms with Gasteiger partial charge in [0.25, 0.3) is 0 Å². The number of amides is 1. The first-order chi connectivity index (χ1) is 9.69. The maximum absolute atomic E-state index is 12.2. The van der Waals surface area contributed by atoms with Crippen LogP contribution in [-0.2, 0) is 14.6 Å². The van der Waals surface area contributed by atoms with Gasteiger partial charge in [0.1, 0.15) is 5.75 Å². The zero-order valence-corrected chi connectivity index (χ0v) is 12.6. The van der Waals surface area contributed by atoms with Crippen molar-refractivity contribution in [2.45, 2.75) is 11.8 Å². The lowest BCUT2D eigenvalue weighted by Crippen LogP contribution is -2.30. The predicted molar refractivity (Wildman–Crippen MR) is 77.0 cm³/mol. The molecule has 0 aliphatic heterocycles. The van der Waals surface area contributed by atoms with E-state index >= 15 is 0 Å². The number of benzene rings is 1. The van der Waals surface area contributed by atoms with Gasteiger partial charge in [0.2, 0.25) is 5.91 Å². The van der Waals surface area contributed by atoms with Crippen molar-refractivity contribution in [2.75, 3.05) is 12.3 Å². The smallest absolute Gasteiger partial charge is 0.336 e. The van der Waals surface area contributed by atoms with Gasteiger partial charge in [-0.1, -0.05) is 17.5 Å². The first-order valence-corrected chi connectivity index (χ1v) is 7.68. The molecule has 0 atom stereocenters. The second-order valence-electron chi connectivity index (χ2n) is 4.12. The second kappa shape index (κ2) is 6.61. The van der Waals surface area contributed by atoms with Gasteiger partial charge in [-0.25, -0.2) is 13.2 Å². The van der Waals surface area contributed by atoms with Crippen LogP contribution >= 0.6 is 11.6 Å². The number of carbonyl (C=O) groups is 2. The van der Waals surface area contributed by atoms with Crippen LogP contribution in [0.5, 0.6) is 0 Å². The summed E-state index contributed by atoms with van der Waals surface area (Å²) in [6.45, 7) is 1.25. The quantitative estimate of drug-likeness (QED) is 0.781. The normalized spacial score (nSPS) is 10.7. The van der Waals surface area contributed by atoms with Crippen LogP contribution in [0.1, 0.15) is 15.9 Å². The Kier molecular flexibility index (Phi) is 5.35. The van der Waals surface area contributed by atoms with Gasteiger partial charge < -0.3 is 10.4 Å². The van der Waals surface area contributed by atoms with E-state index < -0.39 is 27.5 Å². The number of carboxylic acid groups (broad SMARTS) is 1. The Balaban J connectivity index is 3.24. The van der Waals surface area contributed by atoms with Crippen LogP contribution in [0.2, 0.25) is 5.02 Å². The molecule has 0 saturated heterocycles. The van der Waals surface area contributed by atoms with Gasteiger partial charge >= 0.3 is 5.97 Å². The van der Waals surface area contributed by atoms with E-state index in [0.29, 0.717) is 0 Å². The summed E-state index contributed by atoms with van der Waals surface area (Å²) in [4.78, 5) is 22.2. The Bertz CT molecular complexity index is 734. The monoisotopic (exact) mass is 329 g/mol. The van der Waals surface area contributed by atoms with E-state index in [0.717, 1.165) is 12.1 Å². The minimum absolute atomic E-state index is 0.0247. The van der Waals surface area contributed by atoms with E-state index in [1.54, 1.807) is 0 Å². The molecule has 0 aliphatic rings. The van der Waals surface area contributed by atoms with Crippen LogP contribution in [0.15, 0.2) is 17.0 Å². The number of nitrogens with one attached hydrogen (secondary N) is 1. The van der Waals surface area contributed by atoms with Crippen molar-refractivity contribution in [1.82, 2.24) is 5.32 Å². The molecule has 112 valence electrons. The highest BCUT2D eigenvalue weighted by Crippen LogP contribution is 2.25. The highest BCUT2D eigenvalue weighted by atomic mass is 35.5. The van der Waals surface area contributed by atoms with E-state index in [2.05, 4.69) is 11.2 Å². The molecule has 0 fully saturated rings. The first kappa shape index (κ1) is 17.0. The van der Waals surface area contributed by atoms with Gasteiger partial charge in [0.05, 0.1) is 17.0 Å². The molecule has 1 aromatic carbocycles. The lowest BCUT2D eigenvalue weighted by Gasteiger charge is -2.10. The second-order valence-corrected chi connectivity index (χ2v) is 6.52. The molecule has 0 unspecified atom stereocenters. The fourth-order valence-corrected chi connectivity index (χ4v) is 3.42. The van der Waals surface area contributed by atoms with Crippen LogP contribution in [0.4, 0.5) is 0 Å². The molecule has 2 N–H and O–H groups in total. The molecule has 0 heterocycles. The van der Waals surface area contributed by atoms with Crippen molar-refractivity contribution in [3.05, 3.63) is 28.3 Å². The third kappa shape index (κ3) is 4.21. The zero-order chi connectivity index (χ0) is 16.2. The Hall–Kier alpha value is -2.04. The summed E-state index contributed by atoms with van der Waals surface area (Å²) in [5, 5.41) is 11.2. The zero-order valence-electron chi connectivity index (χ0n) is 11.0. The van der Waals surface area contributed by atoms with Crippen LogP contribution < -0.4 is 5.32 Å². The van der Waals surface area contributed by atoms with Gasteiger partial charge in [-0.3, -0.25) is 4.79 Å². The van der Waals surface area contributed by atoms with Gasteiger partial charge in [-0.15, -0.1) is 6.42 Å². The molecule has 8 heteroatoms. The highest BCUT2D eigenvalue weighted by molar-refractivity contribution is 7.92. The van der Waals surface area contributed by atoms with Gasteiger partial charge in [0.15, 0.2) is 9.84 Å². The number of carbonyl (C=O) groups excluding carboxylic acids is 1. The summed E-state index contributed by atoms with van der Waals surface area (Å²) in [5.74, 6) is -0.772. The Labute approximate surface area is 127 Å². The Morgan fingerprint density at radius 1 is 1.43 bits per heavy atom. The molecular formula is C13H12ClNO5S. The molecule has 21 heavy (non-hydrogen) atoms. The van der Waals surface area contributed by atoms with Gasteiger partial charge in [0, 0.05) is 5.02 Å². The van der Waals surface area contributed by atoms with E-state index in [4.69, 9.17) is 23.1 Å². The molecule has 0 saturated carbocycles. The van der Waals surface area contributed by atoms with Crippen molar-refractivity contribution < 1.29 is 23.1 Å². The molecule has 0 aliphatic carbocycles. The maximum atomic E-state index is 12.2. The van der Waals surface area contributed by atoms with Crippen molar-refractivity contribution in [3.63, 3.8) is 0 Å². The number of carboxylic acids is 1. The summed E-state index contributed by atoms with van der Waals surface area (Å²) < 4.78 is 24.4. The largest absolute Gasteiger partial charge is 0.478 e. The fourth-order valence-electron chi connectivity index (χ4n) is 1.65. The predicted octanol–water partition coefficient (Wildman–Crippen LogP) is 0.870. The molecule has 0 spiro atoms. The number of rotatable bonds is 5. The van der Waals surface area contributed by atoms with Crippen LogP contribution in [-0.4, -0.2) is 37.7 Å². The SMILES string of the molecule is C#CCNC(=O)CS(=O)(=O)c1cc(Cl)cc(C(=O)O)c1C. The first-order valence-electron chi connectivity index (χ1n) is 5.65. The van der Waals surface area contributed by atoms with Crippen molar-refractivity contribution in [2.24, 2.45) is 0 Å². The van der Waals surface area contributed by atoms with E-state index in [-0.39, 0.29) is 27.6 Å². The van der Waals surface area contributed by atoms with Crippen molar-refractivity contribution in [1.29, 1.82) is 0 Å². The van der Waals surface area contributed by atoms with Gasteiger partial charge in [-0.2, -0.15) is 0 Å². The summed E-state index contributed by atoms with van der Waals surface area (Å²) in [6, 6.07) is 2.27. The number of hydrogen-bond acceptors (Lipinski definition) is 4. The van der Waals surface area contributed by atoms with Crippen LogP contribution in [0.3, 0.4) is 0 Å². The number of halogens is 1. The molecule has 1 amide bonds. The number of hydrogen-bond donors (Lipinski definition) is 2. The average molecular weight is 330 g/mol. The summed E-state index contributed by atoms with van der Waals surface area (Å²) in [6.07, 6.45) is 4.95. The summed E-state index contributed by atoms with van der Waals surface area (Å²) in [5.41, 5.74) is -0.207. The standard InChI is InChI=1S/C13H12ClNO5S/c1-3-4-15-12(16)7-21(19,20)11-6-9(14)5-10(8(11)2)13(17)18/h1,5-6H,4,7H2,2H3,(H,15,16)(H,17,18). The highest BCUT2D eigenvalue weighted by Gasteiger charge is 2.24. The van der Waals surface area contributed by atoms with Gasteiger partial charge in [-0.05, 0) is 24.6 Å². The average Bonchev–Trinajstić information content (AvgIpc) is 2.37. The van der Waals surface area contributed by atoms with E-state index in [9.17, 15) is 18.0 Å². The number of terminal acetylenes is 1. The van der Waals surface area contributed by atoms with E-state index in [1.165, 1.54) is 6.92 Å². The summed E-state index contributed by atoms with van der Waals surface area (Å²) in [7, 11) is -4.03. The third-order valence-electron chi connectivity index (χ3n) is 2.60. The number of aromatic carboxylic acids is 1. The molecule has 0 radical (unpaired) electrons. The molecule has 1 aromatic rings. The van der Waals surface area contributed by atoms with Crippen LogP contribution in [0, 0.1) is 19.3 Å². The Morgan fingerprint density at radius 3 is 2.57 bits per heavy atom. The third-order valence-corrected chi connectivity index (χ3v) is 4.55. The molecular weight excluding hydrogens is 318 g/mol. The molecule has 0 bridgehead atoms. The van der Waals surface area contributed by atoms with Crippen molar-refractivity contribution in [3.8, 4) is 12.3 Å². The van der Waals surface area contributed by atoms with Crippen LogP contribution in [0.25, 0.3) is 0 Å². The topological polar surface area (TPSA) is 101 Å². The Morgan fingerprint density at radius 2 is 2.05 bits per heavy atom. The van der Waals surface area contributed by atoms with Crippen molar-refractivity contribution >= 4 is 33.3 Å². The lowest BCUT2D eigenvalue weighted by molar-refractivity contribution is -0.118. The number of sulfone groups is 1. The minimum Gasteiger partial charge on any atom is -0.478 e. The summed E-state index contributed by atoms with van der Waals surface area (Å²) >= 11 is 5.74. The molecule has 6 nitrogen and oxygen atoms in total.